The Morgan fingerprint density at radius 2 is 1.93 bits per heavy atom. The minimum Gasteiger partial charge on any atom is -0.355 e. The number of carbonyl (C=O) groups excluding carboxylic acids is 1. The quantitative estimate of drug-likeness (QED) is 0.661. The summed E-state index contributed by atoms with van der Waals surface area (Å²) in [5.74, 6) is -0.387. The van der Waals surface area contributed by atoms with Gasteiger partial charge in [0.15, 0.2) is 0 Å². The van der Waals surface area contributed by atoms with E-state index in [1.54, 1.807) is 12.1 Å². The average molecular weight is 229 g/mol. The van der Waals surface area contributed by atoms with E-state index in [0.717, 1.165) is 0 Å². The molecule has 1 amide bonds. The summed E-state index contributed by atoms with van der Waals surface area (Å²) in [6.45, 7) is 0. The van der Waals surface area contributed by atoms with Crippen LogP contribution in [0.4, 0.5) is 5.69 Å². The van der Waals surface area contributed by atoms with E-state index in [9.17, 15) is 13.2 Å². The highest BCUT2D eigenvalue weighted by Gasteiger charge is 2.11. The predicted molar refractivity (Wildman–Crippen MR) is 56.6 cm³/mol. The van der Waals surface area contributed by atoms with Crippen molar-refractivity contribution < 1.29 is 13.2 Å². The van der Waals surface area contributed by atoms with Gasteiger partial charge in [-0.25, -0.2) is 5.14 Å². The Bertz CT molecular complexity index is 470. The zero-order valence-corrected chi connectivity index (χ0v) is 8.84. The Balaban J connectivity index is 3.13. The molecule has 0 unspecified atom stereocenters. The van der Waals surface area contributed by atoms with Crippen LogP contribution >= 0.6 is 0 Å². The van der Waals surface area contributed by atoms with E-state index in [0.29, 0.717) is 0 Å². The van der Waals surface area contributed by atoms with Gasteiger partial charge in [-0.2, -0.15) is 8.42 Å². The smallest absolute Gasteiger partial charge is 0.296 e. The first kappa shape index (κ1) is 11.5. The van der Waals surface area contributed by atoms with E-state index >= 15 is 0 Å². The first-order valence-electron chi connectivity index (χ1n) is 4.05. The average Bonchev–Trinajstić information content (AvgIpc) is 2.15. The molecule has 0 aliphatic rings. The topological polar surface area (TPSA) is 101 Å². The number of hydrogen-bond donors (Lipinski definition) is 3. The van der Waals surface area contributed by atoms with Crippen LogP contribution in [-0.4, -0.2) is 21.4 Å². The number of amides is 1. The van der Waals surface area contributed by atoms with Crippen molar-refractivity contribution in [1.29, 1.82) is 0 Å². The Morgan fingerprint density at radius 1 is 1.33 bits per heavy atom. The molecule has 0 saturated carbocycles. The molecule has 4 N–H and O–H groups in total. The number of hydrogen-bond acceptors (Lipinski definition) is 3. The second-order valence-electron chi connectivity index (χ2n) is 2.77. The van der Waals surface area contributed by atoms with Gasteiger partial charge < -0.3 is 5.32 Å². The van der Waals surface area contributed by atoms with Gasteiger partial charge in [-0.3, -0.25) is 9.52 Å². The van der Waals surface area contributed by atoms with Gasteiger partial charge in [-0.1, -0.05) is 12.1 Å². The lowest BCUT2D eigenvalue weighted by Crippen LogP contribution is -2.25. The fourth-order valence-electron chi connectivity index (χ4n) is 1.06. The molecule has 82 valence electrons. The maximum absolute atomic E-state index is 11.3. The van der Waals surface area contributed by atoms with Crippen LogP contribution in [0.5, 0.6) is 0 Å². The fraction of sp³-hybridized carbons (Fsp3) is 0.125. The second kappa shape index (κ2) is 4.28. The number of rotatable bonds is 3. The van der Waals surface area contributed by atoms with E-state index in [1.807, 2.05) is 0 Å². The van der Waals surface area contributed by atoms with Crippen LogP contribution in [-0.2, 0) is 10.2 Å². The summed E-state index contributed by atoms with van der Waals surface area (Å²) in [6, 6.07) is 6.17. The van der Waals surface area contributed by atoms with E-state index in [-0.39, 0.29) is 17.2 Å². The van der Waals surface area contributed by atoms with Crippen LogP contribution in [0.2, 0.25) is 0 Å². The molecule has 0 aromatic heterocycles. The monoisotopic (exact) mass is 229 g/mol. The lowest BCUT2D eigenvalue weighted by molar-refractivity contribution is 0.0964. The van der Waals surface area contributed by atoms with E-state index < -0.39 is 10.2 Å². The van der Waals surface area contributed by atoms with Crippen LogP contribution in [0, 0.1) is 0 Å². The van der Waals surface area contributed by atoms with Crippen molar-refractivity contribution in [2.75, 3.05) is 11.8 Å². The van der Waals surface area contributed by atoms with Crippen molar-refractivity contribution in [3.8, 4) is 0 Å². The summed E-state index contributed by atoms with van der Waals surface area (Å²) in [4.78, 5) is 11.3. The first-order chi connectivity index (χ1) is 6.94. The third-order valence-corrected chi connectivity index (χ3v) is 2.16. The summed E-state index contributed by atoms with van der Waals surface area (Å²) in [5, 5.41) is 7.20. The van der Waals surface area contributed by atoms with Gasteiger partial charge in [0.05, 0.1) is 11.3 Å². The molecular formula is C8H11N3O3S. The zero-order valence-electron chi connectivity index (χ0n) is 8.02. The van der Waals surface area contributed by atoms with Crippen molar-refractivity contribution in [2.45, 2.75) is 0 Å². The van der Waals surface area contributed by atoms with Crippen LogP contribution < -0.4 is 15.2 Å². The van der Waals surface area contributed by atoms with Crippen molar-refractivity contribution in [1.82, 2.24) is 5.32 Å². The molecule has 0 bridgehead atoms. The molecule has 0 aliphatic heterocycles. The van der Waals surface area contributed by atoms with Gasteiger partial charge in [0, 0.05) is 7.05 Å². The summed E-state index contributed by atoms with van der Waals surface area (Å²) in [6.07, 6.45) is 0. The molecule has 0 radical (unpaired) electrons. The minimum absolute atomic E-state index is 0.152. The van der Waals surface area contributed by atoms with Crippen LogP contribution in [0.15, 0.2) is 24.3 Å². The predicted octanol–water partition coefficient (Wildman–Crippen LogP) is -0.338. The highest BCUT2D eigenvalue weighted by atomic mass is 32.2. The molecule has 0 spiro atoms. The minimum atomic E-state index is -3.87. The van der Waals surface area contributed by atoms with E-state index in [1.165, 1.54) is 19.2 Å². The third-order valence-electron chi connectivity index (χ3n) is 1.65. The number of anilines is 1. The molecule has 1 aromatic carbocycles. The van der Waals surface area contributed by atoms with E-state index in [4.69, 9.17) is 5.14 Å². The summed E-state index contributed by atoms with van der Waals surface area (Å²) in [5.41, 5.74) is 0.369. The Hall–Kier alpha value is -1.60. The third kappa shape index (κ3) is 3.22. The lowest BCUT2D eigenvalue weighted by Gasteiger charge is -2.08. The Morgan fingerprint density at radius 3 is 2.47 bits per heavy atom. The van der Waals surface area contributed by atoms with Gasteiger partial charge in [0.2, 0.25) is 0 Å². The first-order valence-corrected chi connectivity index (χ1v) is 5.60. The maximum atomic E-state index is 11.3. The molecule has 1 rings (SSSR count). The SMILES string of the molecule is CNC(=O)c1ccccc1NS(N)(=O)=O. The van der Waals surface area contributed by atoms with Crippen molar-refractivity contribution >= 4 is 21.8 Å². The number of para-hydroxylation sites is 1. The van der Waals surface area contributed by atoms with Crippen molar-refractivity contribution in [3.05, 3.63) is 29.8 Å². The highest BCUT2D eigenvalue weighted by molar-refractivity contribution is 7.90. The van der Waals surface area contributed by atoms with Gasteiger partial charge in [-0.15, -0.1) is 0 Å². The van der Waals surface area contributed by atoms with Gasteiger partial charge in [0.25, 0.3) is 16.1 Å². The maximum Gasteiger partial charge on any atom is 0.296 e. The lowest BCUT2D eigenvalue weighted by atomic mass is 10.2. The molecular weight excluding hydrogens is 218 g/mol. The van der Waals surface area contributed by atoms with Crippen LogP contribution in [0.1, 0.15) is 10.4 Å². The van der Waals surface area contributed by atoms with Gasteiger partial charge >= 0.3 is 0 Å². The Labute approximate surface area is 87.7 Å². The zero-order chi connectivity index (χ0) is 11.5. The normalized spacial score (nSPS) is 10.8. The number of nitrogens with two attached hydrogens (primary N) is 1. The molecule has 7 heteroatoms. The molecule has 0 saturated heterocycles. The highest BCUT2D eigenvalue weighted by Crippen LogP contribution is 2.15. The Kier molecular flexibility index (Phi) is 3.28. The molecule has 6 nitrogen and oxygen atoms in total. The van der Waals surface area contributed by atoms with E-state index in [2.05, 4.69) is 10.0 Å². The molecule has 0 fully saturated rings. The van der Waals surface area contributed by atoms with Crippen LogP contribution in [0.3, 0.4) is 0 Å². The number of carbonyl (C=O) groups is 1. The summed E-state index contributed by atoms with van der Waals surface area (Å²) >= 11 is 0. The molecule has 0 heterocycles. The molecule has 0 atom stereocenters. The van der Waals surface area contributed by atoms with Gasteiger partial charge in [-0.05, 0) is 12.1 Å². The fourth-order valence-corrected chi connectivity index (χ4v) is 1.54. The number of benzene rings is 1. The van der Waals surface area contributed by atoms with Gasteiger partial charge in [0.1, 0.15) is 0 Å². The molecule has 15 heavy (non-hydrogen) atoms. The summed E-state index contributed by atoms with van der Waals surface area (Å²) in [7, 11) is -2.42. The largest absolute Gasteiger partial charge is 0.355 e. The van der Waals surface area contributed by atoms with Crippen LogP contribution in [0.25, 0.3) is 0 Å². The van der Waals surface area contributed by atoms with Crippen molar-refractivity contribution in [2.24, 2.45) is 5.14 Å². The molecule has 0 aliphatic carbocycles. The summed E-state index contributed by atoms with van der Waals surface area (Å²) < 4.78 is 23.7. The molecule has 1 aromatic rings. The standard InChI is InChI=1S/C8H11N3O3S/c1-10-8(12)6-4-2-3-5-7(6)11-15(9,13)14/h2-5,11H,1H3,(H,10,12)(H2,9,13,14). The van der Waals surface area contributed by atoms with Crippen molar-refractivity contribution in [3.63, 3.8) is 0 Å². The number of nitrogens with one attached hydrogen (secondary N) is 2. The second-order valence-corrected chi connectivity index (χ2v) is 4.07.